The number of carbonyl (C=O) groups excluding carboxylic acids is 2. The first-order valence-corrected chi connectivity index (χ1v) is 5.00. The van der Waals surface area contributed by atoms with Crippen molar-refractivity contribution in [2.45, 2.75) is 45.4 Å². The fraction of sp³-hybridized carbons (Fsp3) is 0.700. The first-order chi connectivity index (χ1) is 6.66. The highest BCUT2D eigenvalue weighted by atomic mass is 16.1. The topological polar surface area (TPSA) is 72.5 Å². The molecule has 2 amide bonds. The van der Waals surface area contributed by atoms with Crippen molar-refractivity contribution in [2.75, 3.05) is 0 Å². The SMILES string of the molecule is CCCC=NC(=O)CCCCC(N)=O. The zero-order valence-electron chi connectivity index (χ0n) is 8.66. The monoisotopic (exact) mass is 198 g/mol. The van der Waals surface area contributed by atoms with Crippen molar-refractivity contribution in [3.63, 3.8) is 0 Å². The summed E-state index contributed by atoms with van der Waals surface area (Å²) >= 11 is 0. The number of amides is 2. The summed E-state index contributed by atoms with van der Waals surface area (Å²) in [5.41, 5.74) is 4.95. The molecule has 0 aromatic rings. The van der Waals surface area contributed by atoms with E-state index in [1.165, 1.54) is 0 Å². The number of unbranched alkanes of at least 4 members (excludes halogenated alkanes) is 2. The van der Waals surface area contributed by atoms with Gasteiger partial charge >= 0.3 is 0 Å². The van der Waals surface area contributed by atoms with Gasteiger partial charge in [-0.05, 0) is 19.3 Å². The zero-order chi connectivity index (χ0) is 10.8. The maximum atomic E-state index is 11.0. The molecule has 0 saturated heterocycles. The van der Waals surface area contributed by atoms with Crippen LogP contribution in [0.25, 0.3) is 0 Å². The van der Waals surface area contributed by atoms with E-state index >= 15 is 0 Å². The summed E-state index contributed by atoms with van der Waals surface area (Å²) in [6.07, 6.45) is 5.61. The van der Waals surface area contributed by atoms with Gasteiger partial charge in [0.15, 0.2) is 0 Å². The van der Waals surface area contributed by atoms with E-state index in [1.807, 2.05) is 6.92 Å². The summed E-state index contributed by atoms with van der Waals surface area (Å²) in [6.45, 7) is 2.03. The molecular weight excluding hydrogens is 180 g/mol. The second-order valence-electron chi connectivity index (χ2n) is 3.17. The Hall–Kier alpha value is -1.19. The minimum atomic E-state index is -0.313. The van der Waals surface area contributed by atoms with E-state index in [0.717, 1.165) is 12.8 Å². The second-order valence-corrected chi connectivity index (χ2v) is 3.17. The van der Waals surface area contributed by atoms with Crippen LogP contribution < -0.4 is 5.73 Å². The van der Waals surface area contributed by atoms with E-state index in [9.17, 15) is 9.59 Å². The summed E-state index contributed by atoms with van der Waals surface area (Å²) < 4.78 is 0. The maximum absolute atomic E-state index is 11.0. The van der Waals surface area contributed by atoms with Gasteiger partial charge in [-0.1, -0.05) is 13.3 Å². The highest BCUT2D eigenvalue weighted by Crippen LogP contribution is 2.00. The van der Waals surface area contributed by atoms with Gasteiger partial charge in [-0.3, -0.25) is 9.59 Å². The molecule has 0 aliphatic carbocycles. The lowest BCUT2D eigenvalue weighted by Gasteiger charge is -1.94. The van der Waals surface area contributed by atoms with Gasteiger partial charge in [0.05, 0.1) is 0 Å². The van der Waals surface area contributed by atoms with Gasteiger partial charge in [-0.25, -0.2) is 4.99 Å². The number of nitrogens with zero attached hydrogens (tertiary/aromatic N) is 1. The molecule has 0 aliphatic heterocycles. The molecule has 14 heavy (non-hydrogen) atoms. The molecule has 0 spiro atoms. The van der Waals surface area contributed by atoms with Crippen LogP contribution in [0.3, 0.4) is 0 Å². The molecule has 0 atom stereocenters. The number of hydrogen-bond acceptors (Lipinski definition) is 2. The fourth-order valence-electron chi connectivity index (χ4n) is 0.935. The van der Waals surface area contributed by atoms with Gasteiger partial charge in [0, 0.05) is 19.1 Å². The number of carbonyl (C=O) groups is 2. The number of primary amides is 1. The van der Waals surface area contributed by atoms with Gasteiger partial charge < -0.3 is 5.73 Å². The number of aliphatic imine (C=N–C) groups is 1. The lowest BCUT2D eigenvalue weighted by atomic mass is 10.2. The third-order valence-corrected chi connectivity index (χ3v) is 1.72. The minimum absolute atomic E-state index is 0.108. The third kappa shape index (κ3) is 8.90. The van der Waals surface area contributed by atoms with Gasteiger partial charge in [0.2, 0.25) is 11.8 Å². The van der Waals surface area contributed by atoms with Crippen molar-refractivity contribution in [3.05, 3.63) is 0 Å². The Kier molecular flexibility index (Phi) is 7.70. The Morgan fingerprint density at radius 3 is 2.50 bits per heavy atom. The van der Waals surface area contributed by atoms with Crippen molar-refractivity contribution >= 4 is 18.0 Å². The third-order valence-electron chi connectivity index (χ3n) is 1.72. The van der Waals surface area contributed by atoms with Crippen molar-refractivity contribution in [3.8, 4) is 0 Å². The van der Waals surface area contributed by atoms with Crippen molar-refractivity contribution in [1.29, 1.82) is 0 Å². The summed E-state index contributed by atoms with van der Waals surface area (Å²) in [5.74, 6) is -0.421. The number of rotatable bonds is 7. The molecule has 0 aliphatic rings. The Balaban J connectivity index is 3.40. The van der Waals surface area contributed by atoms with Crippen molar-refractivity contribution in [1.82, 2.24) is 0 Å². The van der Waals surface area contributed by atoms with Crippen LogP contribution >= 0.6 is 0 Å². The molecule has 4 heteroatoms. The van der Waals surface area contributed by atoms with Crippen LogP contribution in [0.5, 0.6) is 0 Å². The number of hydrogen-bond donors (Lipinski definition) is 1. The standard InChI is InChI=1S/C10H18N2O2/c1-2-3-8-12-10(14)7-5-4-6-9(11)13/h8H,2-7H2,1H3,(H2,11,13). The smallest absolute Gasteiger partial charge is 0.245 e. The largest absolute Gasteiger partial charge is 0.370 e. The zero-order valence-corrected chi connectivity index (χ0v) is 8.66. The predicted octanol–water partition coefficient (Wildman–Crippen LogP) is 1.43. The molecule has 0 fully saturated rings. The Morgan fingerprint density at radius 2 is 1.93 bits per heavy atom. The summed E-state index contributed by atoms with van der Waals surface area (Å²) in [5, 5.41) is 0. The van der Waals surface area contributed by atoms with Crippen LogP contribution in [0.1, 0.15) is 45.4 Å². The predicted molar refractivity (Wildman–Crippen MR) is 56.1 cm³/mol. The van der Waals surface area contributed by atoms with Gasteiger partial charge in [0.1, 0.15) is 0 Å². The van der Waals surface area contributed by atoms with Crippen molar-refractivity contribution in [2.24, 2.45) is 10.7 Å². The lowest BCUT2D eigenvalue weighted by Crippen LogP contribution is -2.09. The van der Waals surface area contributed by atoms with E-state index < -0.39 is 0 Å². The molecular formula is C10H18N2O2. The van der Waals surface area contributed by atoms with Crippen LogP contribution in [0, 0.1) is 0 Å². The molecule has 0 aromatic carbocycles. The number of nitrogens with two attached hydrogens (primary N) is 1. The quantitative estimate of drug-likeness (QED) is 0.496. The summed E-state index contributed by atoms with van der Waals surface area (Å²) in [6, 6.07) is 0. The van der Waals surface area contributed by atoms with E-state index in [-0.39, 0.29) is 11.8 Å². The van der Waals surface area contributed by atoms with Crippen LogP contribution in [0.2, 0.25) is 0 Å². The van der Waals surface area contributed by atoms with Crippen LogP contribution in [-0.4, -0.2) is 18.0 Å². The molecule has 0 saturated carbocycles. The minimum Gasteiger partial charge on any atom is -0.370 e. The van der Waals surface area contributed by atoms with E-state index in [4.69, 9.17) is 5.73 Å². The molecule has 0 heterocycles. The van der Waals surface area contributed by atoms with Gasteiger partial charge in [-0.15, -0.1) is 0 Å². The molecule has 2 N–H and O–H groups in total. The maximum Gasteiger partial charge on any atom is 0.245 e. The van der Waals surface area contributed by atoms with Crippen LogP contribution in [0.15, 0.2) is 4.99 Å². The van der Waals surface area contributed by atoms with Gasteiger partial charge in [0.25, 0.3) is 0 Å². The van der Waals surface area contributed by atoms with E-state index in [0.29, 0.717) is 25.7 Å². The Bertz CT molecular complexity index is 212. The lowest BCUT2D eigenvalue weighted by molar-refractivity contribution is -0.119. The average molecular weight is 198 g/mol. The molecule has 0 rings (SSSR count). The first-order valence-electron chi connectivity index (χ1n) is 5.00. The van der Waals surface area contributed by atoms with E-state index in [2.05, 4.69) is 4.99 Å². The molecule has 0 bridgehead atoms. The average Bonchev–Trinajstić information content (AvgIpc) is 2.13. The molecule has 0 radical (unpaired) electrons. The van der Waals surface area contributed by atoms with Gasteiger partial charge in [-0.2, -0.15) is 0 Å². The Labute approximate surface area is 84.6 Å². The second kappa shape index (κ2) is 8.41. The van der Waals surface area contributed by atoms with Crippen molar-refractivity contribution < 1.29 is 9.59 Å². The molecule has 0 unspecified atom stereocenters. The van der Waals surface area contributed by atoms with Crippen LogP contribution in [0.4, 0.5) is 0 Å². The highest BCUT2D eigenvalue weighted by Gasteiger charge is 1.99. The molecule has 0 aromatic heterocycles. The highest BCUT2D eigenvalue weighted by molar-refractivity contribution is 5.84. The summed E-state index contributed by atoms with van der Waals surface area (Å²) in [7, 11) is 0. The molecule has 80 valence electrons. The van der Waals surface area contributed by atoms with Crippen LogP contribution in [-0.2, 0) is 9.59 Å². The normalized spacial score (nSPS) is 10.6. The van der Waals surface area contributed by atoms with E-state index in [1.54, 1.807) is 6.21 Å². The molecule has 4 nitrogen and oxygen atoms in total. The summed E-state index contributed by atoms with van der Waals surface area (Å²) in [4.78, 5) is 25.2. The fourth-order valence-corrected chi connectivity index (χ4v) is 0.935. The first kappa shape index (κ1) is 12.8. The Morgan fingerprint density at radius 1 is 1.29 bits per heavy atom.